The molecular formula is C15H10ClFN4O3S. The lowest BCUT2D eigenvalue weighted by atomic mass is 10.1. The number of ether oxygens (including phenoxy) is 2. The molecule has 0 saturated carbocycles. The van der Waals surface area contributed by atoms with Crippen molar-refractivity contribution in [3.05, 3.63) is 46.8 Å². The standard InChI is InChI=1S/C15H10ClFN4O3S/c1-23-11-5-7(4-9-12(22)20-15(25)19-9)2-3-10(11)24-13-8(17)6-18-14(16)21-13/h2-6H,1H3,(H2,19,20,22,25)/b9-4+. The third kappa shape index (κ3) is 3.83. The molecule has 1 aromatic carbocycles. The quantitative estimate of drug-likeness (QED) is 0.478. The molecule has 1 saturated heterocycles. The van der Waals surface area contributed by atoms with Crippen molar-refractivity contribution in [1.29, 1.82) is 0 Å². The van der Waals surface area contributed by atoms with E-state index in [1.807, 2.05) is 0 Å². The number of nitrogens with zero attached hydrogens (tertiary/aromatic N) is 2. The van der Waals surface area contributed by atoms with Crippen molar-refractivity contribution in [3.8, 4) is 17.4 Å². The van der Waals surface area contributed by atoms with Gasteiger partial charge in [-0.1, -0.05) is 6.07 Å². The number of rotatable bonds is 4. The number of halogens is 2. The van der Waals surface area contributed by atoms with Gasteiger partial charge in [-0.3, -0.25) is 10.1 Å². The summed E-state index contributed by atoms with van der Waals surface area (Å²) in [6, 6.07) is 4.81. The molecule has 0 bridgehead atoms. The Bertz CT molecular complexity index is 906. The number of benzene rings is 1. The second kappa shape index (κ2) is 6.99. The predicted octanol–water partition coefficient (Wildman–Crippen LogP) is 2.42. The number of hydrogen-bond donors (Lipinski definition) is 2. The highest BCUT2D eigenvalue weighted by atomic mass is 35.5. The van der Waals surface area contributed by atoms with Crippen LogP contribution in [0, 0.1) is 5.82 Å². The Balaban J connectivity index is 1.90. The molecule has 0 radical (unpaired) electrons. The number of amides is 1. The van der Waals surface area contributed by atoms with E-state index in [-0.39, 0.29) is 27.9 Å². The van der Waals surface area contributed by atoms with Crippen molar-refractivity contribution in [1.82, 2.24) is 20.6 Å². The Kier molecular flexibility index (Phi) is 4.77. The van der Waals surface area contributed by atoms with E-state index in [0.717, 1.165) is 6.20 Å². The van der Waals surface area contributed by atoms with Gasteiger partial charge in [-0.2, -0.15) is 9.37 Å². The number of thiocarbonyl (C=S) groups is 1. The average Bonchev–Trinajstić information content (AvgIpc) is 2.89. The van der Waals surface area contributed by atoms with Gasteiger partial charge in [-0.05, 0) is 47.6 Å². The fourth-order valence-electron chi connectivity index (χ4n) is 2.01. The highest BCUT2D eigenvalue weighted by molar-refractivity contribution is 7.80. The van der Waals surface area contributed by atoms with E-state index in [1.165, 1.54) is 7.11 Å². The van der Waals surface area contributed by atoms with Crippen LogP contribution in [0.1, 0.15) is 5.56 Å². The van der Waals surface area contributed by atoms with Crippen LogP contribution in [0.2, 0.25) is 5.28 Å². The molecular weight excluding hydrogens is 371 g/mol. The summed E-state index contributed by atoms with van der Waals surface area (Å²) in [5.74, 6) is -0.895. The SMILES string of the molecule is COc1cc(/C=C2/NC(=S)NC2=O)ccc1Oc1nc(Cl)ncc1F. The molecule has 0 spiro atoms. The predicted molar refractivity (Wildman–Crippen MR) is 91.9 cm³/mol. The maximum atomic E-state index is 13.7. The summed E-state index contributed by atoms with van der Waals surface area (Å²) in [5, 5.41) is 5.28. The first-order valence-electron chi connectivity index (χ1n) is 6.84. The van der Waals surface area contributed by atoms with E-state index < -0.39 is 5.82 Å². The third-order valence-electron chi connectivity index (χ3n) is 3.11. The lowest BCUT2D eigenvalue weighted by Crippen LogP contribution is -2.21. The Labute approximate surface area is 151 Å². The molecule has 1 aromatic heterocycles. The van der Waals surface area contributed by atoms with Crippen LogP contribution in [-0.2, 0) is 4.79 Å². The number of nitrogens with one attached hydrogen (secondary N) is 2. The largest absolute Gasteiger partial charge is 0.493 e. The van der Waals surface area contributed by atoms with Crippen LogP contribution >= 0.6 is 23.8 Å². The van der Waals surface area contributed by atoms with Crippen molar-refractivity contribution < 1.29 is 18.7 Å². The monoisotopic (exact) mass is 380 g/mol. The maximum absolute atomic E-state index is 13.7. The van der Waals surface area contributed by atoms with Gasteiger partial charge in [0.15, 0.2) is 16.6 Å². The highest BCUT2D eigenvalue weighted by Gasteiger charge is 2.20. The molecule has 2 heterocycles. The molecule has 1 amide bonds. The third-order valence-corrected chi connectivity index (χ3v) is 3.49. The Morgan fingerprint density at radius 2 is 2.12 bits per heavy atom. The first-order valence-corrected chi connectivity index (χ1v) is 7.63. The summed E-state index contributed by atoms with van der Waals surface area (Å²) < 4.78 is 24.3. The van der Waals surface area contributed by atoms with E-state index in [2.05, 4.69) is 20.6 Å². The first kappa shape index (κ1) is 17.1. The van der Waals surface area contributed by atoms with Gasteiger partial charge in [0.1, 0.15) is 5.70 Å². The van der Waals surface area contributed by atoms with E-state index >= 15 is 0 Å². The van der Waals surface area contributed by atoms with E-state index in [4.69, 9.17) is 33.3 Å². The number of carbonyl (C=O) groups excluding carboxylic acids is 1. The summed E-state index contributed by atoms with van der Waals surface area (Å²) in [4.78, 5) is 18.9. The van der Waals surface area contributed by atoms with Gasteiger partial charge in [0.25, 0.3) is 11.8 Å². The Morgan fingerprint density at radius 1 is 1.32 bits per heavy atom. The Morgan fingerprint density at radius 3 is 2.80 bits per heavy atom. The molecule has 1 aliphatic heterocycles. The van der Waals surface area contributed by atoms with Gasteiger partial charge in [-0.15, -0.1) is 0 Å². The minimum Gasteiger partial charge on any atom is -0.493 e. The molecule has 3 rings (SSSR count). The van der Waals surface area contributed by atoms with Crippen LogP contribution in [-0.4, -0.2) is 28.1 Å². The summed E-state index contributed by atoms with van der Waals surface area (Å²) >= 11 is 10.5. The van der Waals surface area contributed by atoms with Crippen molar-refractivity contribution in [2.75, 3.05) is 7.11 Å². The van der Waals surface area contributed by atoms with Gasteiger partial charge >= 0.3 is 0 Å². The zero-order valence-corrected chi connectivity index (χ0v) is 14.2. The van der Waals surface area contributed by atoms with Crippen molar-refractivity contribution >= 4 is 40.9 Å². The number of hydrogen-bond acceptors (Lipinski definition) is 6. The van der Waals surface area contributed by atoms with Crippen LogP contribution in [0.25, 0.3) is 6.08 Å². The topological polar surface area (TPSA) is 85.4 Å². The molecule has 0 atom stereocenters. The van der Waals surface area contributed by atoms with Crippen LogP contribution in [0.5, 0.6) is 17.4 Å². The van der Waals surface area contributed by atoms with Crippen LogP contribution in [0.3, 0.4) is 0 Å². The fraction of sp³-hybridized carbons (Fsp3) is 0.0667. The minimum absolute atomic E-state index is 0.147. The van der Waals surface area contributed by atoms with E-state index in [0.29, 0.717) is 17.0 Å². The molecule has 0 aliphatic carbocycles. The van der Waals surface area contributed by atoms with Gasteiger partial charge in [0.2, 0.25) is 11.1 Å². The normalized spacial score (nSPS) is 15.1. The molecule has 2 N–H and O–H groups in total. The average molecular weight is 381 g/mol. The molecule has 25 heavy (non-hydrogen) atoms. The fourth-order valence-corrected chi connectivity index (χ4v) is 2.34. The van der Waals surface area contributed by atoms with Gasteiger partial charge in [-0.25, -0.2) is 4.98 Å². The molecule has 0 unspecified atom stereocenters. The van der Waals surface area contributed by atoms with Crippen molar-refractivity contribution in [2.45, 2.75) is 0 Å². The molecule has 10 heteroatoms. The highest BCUT2D eigenvalue weighted by Crippen LogP contribution is 2.33. The summed E-state index contributed by atoms with van der Waals surface area (Å²) in [5.41, 5.74) is 0.946. The molecule has 2 aromatic rings. The zero-order chi connectivity index (χ0) is 18.0. The maximum Gasteiger partial charge on any atom is 0.273 e. The van der Waals surface area contributed by atoms with Gasteiger partial charge in [0, 0.05) is 0 Å². The molecule has 1 aliphatic rings. The van der Waals surface area contributed by atoms with Gasteiger partial charge in [0.05, 0.1) is 13.3 Å². The van der Waals surface area contributed by atoms with Crippen molar-refractivity contribution in [2.24, 2.45) is 0 Å². The minimum atomic E-state index is -0.766. The van der Waals surface area contributed by atoms with Gasteiger partial charge < -0.3 is 14.8 Å². The summed E-state index contributed by atoms with van der Waals surface area (Å²) in [7, 11) is 1.43. The summed E-state index contributed by atoms with van der Waals surface area (Å²) in [6.07, 6.45) is 2.49. The number of methoxy groups -OCH3 is 1. The number of aromatic nitrogens is 2. The van der Waals surface area contributed by atoms with E-state index in [9.17, 15) is 9.18 Å². The van der Waals surface area contributed by atoms with E-state index in [1.54, 1.807) is 24.3 Å². The van der Waals surface area contributed by atoms with Crippen LogP contribution in [0.4, 0.5) is 4.39 Å². The summed E-state index contributed by atoms with van der Waals surface area (Å²) in [6.45, 7) is 0. The second-order valence-electron chi connectivity index (χ2n) is 4.77. The lowest BCUT2D eigenvalue weighted by Gasteiger charge is -2.11. The lowest BCUT2D eigenvalue weighted by molar-refractivity contribution is -0.115. The molecule has 7 nitrogen and oxygen atoms in total. The molecule has 128 valence electrons. The smallest absolute Gasteiger partial charge is 0.273 e. The first-order chi connectivity index (χ1) is 12.0. The van der Waals surface area contributed by atoms with Crippen LogP contribution < -0.4 is 20.1 Å². The zero-order valence-electron chi connectivity index (χ0n) is 12.7. The van der Waals surface area contributed by atoms with Crippen molar-refractivity contribution in [3.63, 3.8) is 0 Å². The molecule has 1 fully saturated rings. The second-order valence-corrected chi connectivity index (χ2v) is 5.52. The Hall–Kier alpha value is -2.78. The van der Waals surface area contributed by atoms with Crippen LogP contribution in [0.15, 0.2) is 30.1 Å². The number of carbonyl (C=O) groups is 1.